The molecule has 0 bridgehead atoms. The predicted octanol–water partition coefficient (Wildman–Crippen LogP) is 3.04. The molecule has 0 unspecified atom stereocenters. The molecule has 1 aromatic carbocycles. The van der Waals surface area contributed by atoms with Gasteiger partial charge in [-0.25, -0.2) is 0 Å². The molecule has 0 N–H and O–H groups in total. The monoisotopic (exact) mass is 136 g/mol. The molecule has 0 amide bonds. The molecule has 10 heavy (non-hydrogen) atoms. The van der Waals surface area contributed by atoms with Crippen LogP contribution >= 0.6 is 0 Å². The van der Waals surface area contributed by atoms with Crippen LogP contribution in [0.3, 0.4) is 0 Å². The van der Waals surface area contributed by atoms with Gasteiger partial charge in [0.05, 0.1) is 5.69 Å². The Morgan fingerprint density at radius 2 is 1.70 bits per heavy atom. The lowest BCUT2D eigenvalue weighted by Crippen LogP contribution is -1.58. The van der Waals surface area contributed by atoms with Crippen molar-refractivity contribution in [3.8, 4) is 0 Å². The Kier molecular flexibility index (Phi) is 4.12. The fourth-order valence-corrected chi connectivity index (χ4v) is 0.610. The van der Waals surface area contributed by atoms with E-state index in [1.807, 2.05) is 30.3 Å². The Balaban J connectivity index is 0.000000810. The Morgan fingerprint density at radius 3 is 2.20 bits per heavy atom. The summed E-state index contributed by atoms with van der Waals surface area (Å²) in [5.41, 5.74) is 0.903. The second-order valence-electron chi connectivity index (χ2n) is 1.64. The van der Waals surface area contributed by atoms with E-state index in [0.29, 0.717) is 0 Å². The van der Waals surface area contributed by atoms with E-state index in [-0.39, 0.29) is 7.43 Å². The van der Waals surface area contributed by atoms with Crippen LogP contribution in [-0.2, 0) is 0 Å². The predicted molar refractivity (Wildman–Crippen MR) is 43.6 cm³/mol. The molecule has 0 radical (unpaired) electrons. The molecule has 0 saturated heterocycles. The first-order valence-corrected chi connectivity index (χ1v) is 2.78. The number of rotatable bonds is 1. The molecule has 0 aliphatic rings. The summed E-state index contributed by atoms with van der Waals surface area (Å²) in [6.45, 7) is 0. The van der Waals surface area contributed by atoms with Crippen molar-refractivity contribution in [2.45, 2.75) is 7.43 Å². The van der Waals surface area contributed by atoms with Crippen molar-refractivity contribution in [3.05, 3.63) is 30.3 Å². The summed E-state index contributed by atoms with van der Waals surface area (Å²) in [5.74, 6) is 0. The maximum atomic E-state index is 3.83. The van der Waals surface area contributed by atoms with E-state index in [0.717, 1.165) is 5.69 Å². The Bertz CT molecular complexity index is 192. The first-order chi connectivity index (χ1) is 4.43. The minimum atomic E-state index is 0. The van der Waals surface area contributed by atoms with Crippen LogP contribution < -0.4 is 0 Å². The van der Waals surface area contributed by atoms with Crippen LogP contribution in [0.2, 0.25) is 0 Å². The van der Waals surface area contributed by atoms with Gasteiger partial charge in [-0.3, -0.25) is 0 Å². The lowest BCUT2D eigenvalue weighted by atomic mass is 10.3. The summed E-state index contributed by atoms with van der Waals surface area (Å²) in [5, 5.41) is 7.46. The van der Waals surface area contributed by atoms with Crippen LogP contribution in [-0.4, -0.2) is 7.05 Å². The van der Waals surface area contributed by atoms with Gasteiger partial charge in [-0.05, 0) is 12.1 Å². The molecular weight excluding hydrogens is 124 g/mol. The van der Waals surface area contributed by atoms with E-state index in [1.165, 1.54) is 0 Å². The number of hydrogen-bond acceptors (Lipinski definition) is 2. The van der Waals surface area contributed by atoms with Gasteiger partial charge in [0, 0.05) is 7.05 Å². The largest absolute Gasteiger partial charge is 0.192 e. The summed E-state index contributed by atoms with van der Waals surface area (Å²) in [6, 6.07) is 9.64. The summed E-state index contributed by atoms with van der Waals surface area (Å²) in [4.78, 5) is 0. The van der Waals surface area contributed by atoms with Crippen molar-refractivity contribution in [1.82, 2.24) is 0 Å². The molecule has 0 aliphatic carbocycles. The number of benzene rings is 1. The van der Waals surface area contributed by atoms with Crippen molar-refractivity contribution in [2.24, 2.45) is 10.2 Å². The zero-order chi connectivity index (χ0) is 6.53. The second-order valence-corrected chi connectivity index (χ2v) is 1.64. The van der Waals surface area contributed by atoms with Crippen LogP contribution in [0.15, 0.2) is 40.6 Å². The number of nitrogens with zero attached hydrogens (tertiary/aromatic N) is 2. The minimum absolute atomic E-state index is 0. The van der Waals surface area contributed by atoms with Crippen molar-refractivity contribution in [3.63, 3.8) is 0 Å². The molecule has 1 aromatic rings. The molecule has 2 heteroatoms. The van der Waals surface area contributed by atoms with Crippen LogP contribution in [0, 0.1) is 0 Å². The average molecular weight is 136 g/mol. The lowest BCUT2D eigenvalue weighted by molar-refractivity contribution is 1.17. The van der Waals surface area contributed by atoms with Crippen LogP contribution in [0.25, 0.3) is 0 Å². The average Bonchev–Trinajstić information content (AvgIpc) is 1.91. The summed E-state index contributed by atoms with van der Waals surface area (Å²) >= 11 is 0. The minimum Gasteiger partial charge on any atom is -0.192 e. The quantitative estimate of drug-likeness (QED) is 0.530. The van der Waals surface area contributed by atoms with Gasteiger partial charge >= 0.3 is 0 Å². The molecule has 0 atom stereocenters. The third-order valence-electron chi connectivity index (χ3n) is 0.972. The first-order valence-electron chi connectivity index (χ1n) is 2.78. The van der Waals surface area contributed by atoms with Crippen molar-refractivity contribution >= 4 is 5.69 Å². The second kappa shape index (κ2) is 4.68. The van der Waals surface area contributed by atoms with E-state index in [2.05, 4.69) is 10.2 Å². The van der Waals surface area contributed by atoms with Crippen molar-refractivity contribution in [2.75, 3.05) is 7.05 Å². The SMILES string of the molecule is C.CN=Nc1ccccc1. The van der Waals surface area contributed by atoms with Gasteiger partial charge < -0.3 is 0 Å². The van der Waals surface area contributed by atoms with Crippen LogP contribution in [0.5, 0.6) is 0 Å². The van der Waals surface area contributed by atoms with Gasteiger partial charge in [-0.1, -0.05) is 25.6 Å². The first kappa shape index (κ1) is 8.82. The van der Waals surface area contributed by atoms with Crippen LogP contribution in [0.1, 0.15) is 7.43 Å². The van der Waals surface area contributed by atoms with Gasteiger partial charge in [0.25, 0.3) is 0 Å². The van der Waals surface area contributed by atoms with Gasteiger partial charge in [0.1, 0.15) is 0 Å². The maximum absolute atomic E-state index is 3.83. The molecule has 0 heterocycles. The Hall–Kier alpha value is -1.18. The highest BCUT2D eigenvalue weighted by atomic mass is 15.1. The van der Waals surface area contributed by atoms with Crippen molar-refractivity contribution < 1.29 is 0 Å². The molecule has 0 fully saturated rings. The normalized spacial score (nSPS) is 9.30. The molecule has 2 nitrogen and oxygen atoms in total. The molecule has 0 aliphatic heterocycles. The summed E-state index contributed by atoms with van der Waals surface area (Å²) in [7, 11) is 1.66. The molecule has 0 spiro atoms. The molecule has 0 aromatic heterocycles. The number of azo groups is 1. The molecule has 1 rings (SSSR count). The number of hydrogen-bond donors (Lipinski definition) is 0. The van der Waals surface area contributed by atoms with E-state index < -0.39 is 0 Å². The fourth-order valence-electron chi connectivity index (χ4n) is 0.610. The van der Waals surface area contributed by atoms with Crippen molar-refractivity contribution in [1.29, 1.82) is 0 Å². The van der Waals surface area contributed by atoms with Crippen LogP contribution in [0.4, 0.5) is 5.69 Å². The standard InChI is InChI=1S/C7H8N2.CH4/c1-8-9-7-5-3-2-4-6-7;/h2-6H,1H3;1H4. The molecule has 0 saturated carbocycles. The van der Waals surface area contributed by atoms with E-state index in [9.17, 15) is 0 Å². The van der Waals surface area contributed by atoms with Gasteiger partial charge in [-0.2, -0.15) is 10.2 Å². The molecular formula is C8H12N2. The van der Waals surface area contributed by atoms with E-state index in [1.54, 1.807) is 7.05 Å². The van der Waals surface area contributed by atoms with E-state index in [4.69, 9.17) is 0 Å². The molecule has 54 valence electrons. The van der Waals surface area contributed by atoms with Gasteiger partial charge in [-0.15, -0.1) is 0 Å². The summed E-state index contributed by atoms with van der Waals surface area (Å²) < 4.78 is 0. The third-order valence-corrected chi connectivity index (χ3v) is 0.972. The maximum Gasteiger partial charge on any atom is 0.0852 e. The Morgan fingerprint density at radius 1 is 1.10 bits per heavy atom. The highest BCUT2D eigenvalue weighted by Crippen LogP contribution is 2.08. The third kappa shape index (κ3) is 2.40. The Labute approximate surface area is 61.6 Å². The lowest BCUT2D eigenvalue weighted by Gasteiger charge is -1.85. The highest BCUT2D eigenvalue weighted by Gasteiger charge is 1.80. The highest BCUT2D eigenvalue weighted by molar-refractivity contribution is 5.34. The smallest absolute Gasteiger partial charge is 0.0852 e. The van der Waals surface area contributed by atoms with Gasteiger partial charge in [0.15, 0.2) is 0 Å². The van der Waals surface area contributed by atoms with Gasteiger partial charge in [0.2, 0.25) is 0 Å². The summed E-state index contributed by atoms with van der Waals surface area (Å²) in [6.07, 6.45) is 0. The van der Waals surface area contributed by atoms with E-state index >= 15 is 0 Å². The zero-order valence-corrected chi connectivity index (χ0v) is 5.28. The zero-order valence-electron chi connectivity index (χ0n) is 5.28. The fraction of sp³-hybridized carbons (Fsp3) is 0.250. The topological polar surface area (TPSA) is 24.7 Å².